The van der Waals surface area contributed by atoms with Crippen LogP contribution in [0.25, 0.3) is 0 Å². The topological polar surface area (TPSA) is 52.0 Å². The van der Waals surface area contributed by atoms with Gasteiger partial charge in [0, 0.05) is 11.4 Å². The summed E-state index contributed by atoms with van der Waals surface area (Å²) in [4.78, 5) is 0. The smallest absolute Gasteiger partial charge is 0.0348 e. The van der Waals surface area contributed by atoms with E-state index in [-0.39, 0.29) is 0 Å². The van der Waals surface area contributed by atoms with Crippen LogP contribution in [0.1, 0.15) is 5.56 Å². The lowest BCUT2D eigenvalue weighted by Gasteiger charge is -1.98. The van der Waals surface area contributed by atoms with E-state index in [1.165, 1.54) is 0 Å². The van der Waals surface area contributed by atoms with Crippen LogP contribution in [-0.2, 0) is 0 Å². The Hall–Kier alpha value is -1.18. The maximum absolute atomic E-state index is 5.47. The lowest BCUT2D eigenvalue weighted by molar-refractivity contribution is 1.59. The normalized spacial score (nSPS) is 9.44. The summed E-state index contributed by atoms with van der Waals surface area (Å²) in [5.41, 5.74) is 13.1. The molecule has 2 heteroatoms. The summed E-state index contributed by atoms with van der Waals surface area (Å²) in [5.74, 6) is 0. The van der Waals surface area contributed by atoms with Crippen molar-refractivity contribution in [3.8, 4) is 0 Å². The van der Waals surface area contributed by atoms with E-state index in [4.69, 9.17) is 11.5 Å². The van der Waals surface area contributed by atoms with Gasteiger partial charge in [-0.15, -0.1) is 0 Å². The molecule has 0 saturated carbocycles. The van der Waals surface area contributed by atoms with Crippen molar-refractivity contribution in [1.29, 1.82) is 0 Å². The zero-order chi connectivity index (χ0) is 6.85. The number of nitrogens with two attached hydrogens (primary N) is 2. The van der Waals surface area contributed by atoms with Crippen LogP contribution in [0, 0.1) is 6.92 Å². The van der Waals surface area contributed by atoms with Gasteiger partial charge in [-0.2, -0.15) is 0 Å². The summed E-state index contributed by atoms with van der Waals surface area (Å²) >= 11 is 0. The Kier molecular flexibility index (Phi) is 1.30. The lowest BCUT2D eigenvalue weighted by atomic mass is 10.2. The summed E-state index contributed by atoms with van der Waals surface area (Å²) in [6.45, 7) is 3.68. The van der Waals surface area contributed by atoms with E-state index in [0.29, 0.717) is 11.4 Å². The number of hydrogen-bond acceptors (Lipinski definition) is 2. The van der Waals surface area contributed by atoms with Gasteiger partial charge >= 0.3 is 0 Å². The standard InChI is InChI=1S/C7H9N2/c1-5-4-6(8)2-3-7(5)9/h2-4H,1,8-9H2. The zero-order valence-electron chi connectivity index (χ0n) is 5.09. The van der Waals surface area contributed by atoms with E-state index < -0.39 is 0 Å². The molecule has 9 heavy (non-hydrogen) atoms. The molecule has 2 nitrogen and oxygen atoms in total. The fourth-order valence-electron chi connectivity index (χ4n) is 0.626. The molecule has 4 N–H and O–H groups in total. The van der Waals surface area contributed by atoms with Crippen LogP contribution >= 0.6 is 0 Å². The van der Waals surface area contributed by atoms with Gasteiger partial charge in [-0.05, 0) is 30.7 Å². The van der Waals surface area contributed by atoms with Crippen LogP contribution in [0.3, 0.4) is 0 Å². The van der Waals surface area contributed by atoms with Gasteiger partial charge in [0.25, 0.3) is 0 Å². The lowest BCUT2D eigenvalue weighted by Crippen LogP contribution is -1.91. The van der Waals surface area contributed by atoms with Gasteiger partial charge in [0.2, 0.25) is 0 Å². The van der Waals surface area contributed by atoms with Crippen molar-refractivity contribution in [3.63, 3.8) is 0 Å². The van der Waals surface area contributed by atoms with Crippen molar-refractivity contribution in [2.75, 3.05) is 11.5 Å². The first-order valence-electron chi connectivity index (χ1n) is 2.67. The molecule has 0 unspecified atom stereocenters. The van der Waals surface area contributed by atoms with Crippen molar-refractivity contribution in [1.82, 2.24) is 0 Å². The number of anilines is 2. The van der Waals surface area contributed by atoms with Gasteiger partial charge < -0.3 is 11.5 Å². The predicted octanol–water partition coefficient (Wildman–Crippen LogP) is 1.03. The zero-order valence-corrected chi connectivity index (χ0v) is 5.09. The van der Waals surface area contributed by atoms with Crippen LogP contribution < -0.4 is 11.5 Å². The molecule has 0 aliphatic carbocycles. The molecule has 0 atom stereocenters. The Bertz CT molecular complexity index is 218. The average molecular weight is 121 g/mol. The van der Waals surface area contributed by atoms with Crippen molar-refractivity contribution < 1.29 is 0 Å². The molecule has 47 valence electrons. The maximum Gasteiger partial charge on any atom is 0.0348 e. The Labute approximate surface area is 54.5 Å². The van der Waals surface area contributed by atoms with Crippen molar-refractivity contribution >= 4 is 11.4 Å². The molecule has 0 amide bonds. The van der Waals surface area contributed by atoms with Crippen molar-refractivity contribution in [3.05, 3.63) is 30.7 Å². The van der Waals surface area contributed by atoms with E-state index >= 15 is 0 Å². The molecule has 0 heterocycles. The van der Waals surface area contributed by atoms with E-state index in [2.05, 4.69) is 6.92 Å². The number of rotatable bonds is 0. The first kappa shape index (κ1) is 5.95. The minimum atomic E-state index is 0.684. The van der Waals surface area contributed by atoms with Crippen molar-refractivity contribution in [2.45, 2.75) is 0 Å². The summed E-state index contributed by atoms with van der Waals surface area (Å²) in [7, 11) is 0. The highest BCUT2D eigenvalue weighted by Gasteiger charge is 1.90. The Balaban J connectivity index is 3.17. The molecule has 0 aliphatic heterocycles. The van der Waals surface area contributed by atoms with Crippen LogP contribution in [0.2, 0.25) is 0 Å². The molecule has 1 aromatic rings. The second-order valence-corrected chi connectivity index (χ2v) is 1.96. The number of benzene rings is 1. The molecule has 0 aromatic heterocycles. The van der Waals surface area contributed by atoms with Gasteiger partial charge in [0.1, 0.15) is 0 Å². The first-order valence-corrected chi connectivity index (χ1v) is 2.67. The molecule has 0 spiro atoms. The summed E-state index contributed by atoms with van der Waals surface area (Å²) in [6.07, 6.45) is 0. The minimum Gasteiger partial charge on any atom is -0.399 e. The largest absolute Gasteiger partial charge is 0.399 e. The number of hydrogen-bond donors (Lipinski definition) is 2. The molecule has 1 aromatic carbocycles. The third-order valence-electron chi connectivity index (χ3n) is 1.17. The van der Waals surface area contributed by atoms with Gasteiger partial charge in [-0.25, -0.2) is 0 Å². The SMILES string of the molecule is [CH2]c1cc(N)ccc1N. The number of nitrogen functional groups attached to an aromatic ring is 2. The fraction of sp³-hybridized carbons (Fsp3) is 0. The molecule has 0 fully saturated rings. The Morgan fingerprint density at radius 1 is 1.22 bits per heavy atom. The van der Waals surface area contributed by atoms with Crippen molar-refractivity contribution in [2.24, 2.45) is 0 Å². The van der Waals surface area contributed by atoms with E-state index in [9.17, 15) is 0 Å². The minimum absolute atomic E-state index is 0.684. The molecule has 0 aliphatic rings. The molecular formula is C7H9N2. The maximum atomic E-state index is 5.47. The Morgan fingerprint density at radius 2 is 1.89 bits per heavy atom. The van der Waals surface area contributed by atoms with Gasteiger partial charge in [-0.1, -0.05) is 0 Å². The van der Waals surface area contributed by atoms with Crippen LogP contribution in [0.15, 0.2) is 18.2 Å². The summed E-state index contributed by atoms with van der Waals surface area (Å²) in [6, 6.07) is 5.25. The second kappa shape index (κ2) is 1.97. The Morgan fingerprint density at radius 3 is 2.33 bits per heavy atom. The van der Waals surface area contributed by atoms with Crippen LogP contribution in [-0.4, -0.2) is 0 Å². The average Bonchev–Trinajstić information content (AvgIpc) is 1.80. The van der Waals surface area contributed by atoms with E-state index in [1.807, 2.05) is 0 Å². The van der Waals surface area contributed by atoms with Crippen LogP contribution in [0.5, 0.6) is 0 Å². The van der Waals surface area contributed by atoms with Crippen LogP contribution in [0.4, 0.5) is 11.4 Å². The summed E-state index contributed by atoms with van der Waals surface area (Å²) in [5, 5.41) is 0. The van der Waals surface area contributed by atoms with Gasteiger partial charge in [-0.3, -0.25) is 0 Å². The van der Waals surface area contributed by atoms with E-state index in [1.54, 1.807) is 18.2 Å². The molecular weight excluding hydrogens is 112 g/mol. The van der Waals surface area contributed by atoms with Gasteiger partial charge in [0.05, 0.1) is 0 Å². The third kappa shape index (κ3) is 1.13. The highest BCUT2D eigenvalue weighted by atomic mass is 14.6. The monoisotopic (exact) mass is 121 g/mol. The van der Waals surface area contributed by atoms with Gasteiger partial charge in [0.15, 0.2) is 0 Å². The predicted molar refractivity (Wildman–Crippen MR) is 39.7 cm³/mol. The van der Waals surface area contributed by atoms with E-state index in [0.717, 1.165) is 5.56 Å². The highest BCUT2D eigenvalue weighted by Crippen LogP contribution is 2.12. The molecule has 1 rings (SSSR count). The first-order chi connectivity index (χ1) is 4.20. The second-order valence-electron chi connectivity index (χ2n) is 1.96. The highest BCUT2D eigenvalue weighted by molar-refractivity contribution is 5.56. The summed E-state index contributed by atoms with van der Waals surface area (Å²) < 4.78 is 0. The third-order valence-corrected chi connectivity index (χ3v) is 1.17. The fourth-order valence-corrected chi connectivity index (χ4v) is 0.626. The molecule has 1 radical (unpaired) electrons. The molecule has 0 saturated heterocycles. The molecule has 0 bridgehead atoms. The quantitative estimate of drug-likeness (QED) is 0.504.